The van der Waals surface area contributed by atoms with Crippen molar-refractivity contribution in [1.29, 1.82) is 0 Å². The molecular formula is C25H26N2O2S. The van der Waals surface area contributed by atoms with Crippen molar-refractivity contribution in [2.45, 2.75) is 38.5 Å². The van der Waals surface area contributed by atoms with Crippen molar-refractivity contribution in [1.82, 2.24) is 9.47 Å². The third-order valence-electron chi connectivity index (χ3n) is 6.42. The lowest BCUT2D eigenvalue weighted by Crippen LogP contribution is -2.40. The van der Waals surface area contributed by atoms with E-state index in [4.69, 9.17) is 0 Å². The summed E-state index contributed by atoms with van der Waals surface area (Å²) in [5.41, 5.74) is 2.95. The van der Waals surface area contributed by atoms with Gasteiger partial charge in [-0.05, 0) is 56.2 Å². The molecular weight excluding hydrogens is 392 g/mol. The second-order valence-electron chi connectivity index (χ2n) is 8.28. The summed E-state index contributed by atoms with van der Waals surface area (Å²) in [6.45, 7) is 1.30. The highest BCUT2D eigenvalue weighted by atomic mass is 32.1. The average Bonchev–Trinajstić information content (AvgIpc) is 3.46. The smallest absolute Gasteiger partial charge is 0.257 e. The number of benzene rings is 1. The predicted molar refractivity (Wildman–Crippen MR) is 120 cm³/mol. The number of piperidine rings is 1. The number of aromatic nitrogens is 1. The topological polar surface area (TPSA) is 42.3 Å². The number of amides is 1. The van der Waals surface area contributed by atoms with E-state index in [1.807, 2.05) is 59.8 Å². The van der Waals surface area contributed by atoms with Crippen LogP contribution >= 0.6 is 11.3 Å². The summed E-state index contributed by atoms with van der Waals surface area (Å²) in [5, 5.41) is 1.05. The van der Waals surface area contributed by atoms with Crippen LogP contribution in [0.5, 0.6) is 0 Å². The Hall–Kier alpha value is -2.66. The number of fused-ring (bicyclic) bond motifs is 1. The van der Waals surface area contributed by atoms with Crippen LogP contribution in [-0.2, 0) is 12.8 Å². The summed E-state index contributed by atoms with van der Waals surface area (Å²) in [5.74, 6) is 0.365. The van der Waals surface area contributed by atoms with Gasteiger partial charge in [0.05, 0.1) is 5.56 Å². The van der Waals surface area contributed by atoms with E-state index in [0.29, 0.717) is 13.1 Å². The van der Waals surface area contributed by atoms with Crippen LogP contribution < -0.4 is 0 Å². The van der Waals surface area contributed by atoms with Crippen LogP contribution in [0.2, 0.25) is 0 Å². The highest BCUT2D eigenvalue weighted by Crippen LogP contribution is 2.38. The van der Waals surface area contributed by atoms with Crippen molar-refractivity contribution in [3.8, 4) is 5.00 Å². The number of carbonyl (C=O) groups excluding carboxylic acids is 2. The van der Waals surface area contributed by atoms with Gasteiger partial charge in [0.15, 0.2) is 5.78 Å². The Morgan fingerprint density at radius 1 is 0.900 bits per heavy atom. The highest BCUT2D eigenvalue weighted by Gasteiger charge is 2.32. The van der Waals surface area contributed by atoms with E-state index in [2.05, 4.69) is 4.57 Å². The van der Waals surface area contributed by atoms with E-state index in [1.54, 1.807) is 11.3 Å². The van der Waals surface area contributed by atoms with Gasteiger partial charge in [-0.1, -0.05) is 30.3 Å². The normalized spacial score (nSPS) is 17.0. The first-order valence-corrected chi connectivity index (χ1v) is 11.7. The maximum Gasteiger partial charge on any atom is 0.257 e. The summed E-state index contributed by atoms with van der Waals surface area (Å²) in [6.07, 6.45) is 9.97. The largest absolute Gasteiger partial charge is 0.338 e. The molecule has 1 saturated heterocycles. The van der Waals surface area contributed by atoms with E-state index >= 15 is 0 Å². The molecule has 0 unspecified atom stereocenters. The van der Waals surface area contributed by atoms with Crippen molar-refractivity contribution in [2.75, 3.05) is 13.1 Å². The van der Waals surface area contributed by atoms with Gasteiger partial charge in [-0.2, -0.15) is 0 Å². The minimum Gasteiger partial charge on any atom is -0.338 e. The Morgan fingerprint density at radius 3 is 2.33 bits per heavy atom. The number of thiophene rings is 1. The molecule has 1 amide bonds. The molecule has 5 rings (SSSR count). The number of aryl methyl sites for hydroxylation is 1. The molecule has 0 spiro atoms. The summed E-state index contributed by atoms with van der Waals surface area (Å²) < 4.78 is 2.09. The predicted octanol–water partition coefficient (Wildman–Crippen LogP) is 5.15. The number of hydrogen-bond donors (Lipinski definition) is 0. The summed E-state index contributed by atoms with van der Waals surface area (Å²) in [4.78, 5) is 29.8. The number of hydrogen-bond acceptors (Lipinski definition) is 3. The third-order valence-corrected chi connectivity index (χ3v) is 7.72. The Balaban J connectivity index is 1.36. The first-order valence-electron chi connectivity index (χ1n) is 10.9. The van der Waals surface area contributed by atoms with Crippen molar-refractivity contribution in [3.05, 3.63) is 76.4 Å². The lowest BCUT2D eigenvalue weighted by Gasteiger charge is -2.32. The maximum atomic E-state index is 13.6. The Labute approximate surface area is 181 Å². The quantitative estimate of drug-likeness (QED) is 0.550. The SMILES string of the molecule is O=C(c1ccccc1)C1CCN(C(=O)c2c(-n3cccc3)sc3c2CCCC3)CC1. The summed E-state index contributed by atoms with van der Waals surface area (Å²) in [6, 6.07) is 13.5. The minimum absolute atomic E-state index is 0.0109. The Bertz CT molecular complexity index is 1040. The number of carbonyl (C=O) groups is 2. The fraction of sp³-hybridized carbons (Fsp3) is 0.360. The molecule has 0 saturated carbocycles. The van der Waals surface area contributed by atoms with Crippen LogP contribution in [0.4, 0.5) is 0 Å². The maximum absolute atomic E-state index is 13.6. The monoisotopic (exact) mass is 418 g/mol. The molecule has 30 heavy (non-hydrogen) atoms. The number of rotatable bonds is 4. The lowest BCUT2D eigenvalue weighted by molar-refractivity contribution is 0.0649. The second kappa shape index (κ2) is 8.23. The van der Waals surface area contributed by atoms with Crippen LogP contribution in [0.15, 0.2) is 54.9 Å². The van der Waals surface area contributed by atoms with Gasteiger partial charge in [-0.25, -0.2) is 0 Å². The van der Waals surface area contributed by atoms with Gasteiger partial charge >= 0.3 is 0 Å². The van der Waals surface area contributed by atoms with E-state index in [0.717, 1.165) is 48.2 Å². The Kier molecular flexibility index (Phi) is 5.30. The molecule has 0 atom stereocenters. The van der Waals surface area contributed by atoms with Gasteiger partial charge in [0.1, 0.15) is 5.00 Å². The van der Waals surface area contributed by atoms with E-state index in [1.165, 1.54) is 16.9 Å². The summed E-state index contributed by atoms with van der Waals surface area (Å²) >= 11 is 1.78. The van der Waals surface area contributed by atoms with Gasteiger partial charge in [0.25, 0.3) is 5.91 Å². The zero-order chi connectivity index (χ0) is 20.5. The van der Waals surface area contributed by atoms with Crippen LogP contribution in [0.25, 0.3) is 5.00 Å². The number of nitrogens with zero attached hydrogens (tertiary/aromatic N) is 2. The van der Waals surface area contributed by atoms with Gasteiger partial charge in [-0.15, -0.1) is 11.3 Å². The fourth-order valence-electron chi connectivity index (χ4n) is 4.76. The van der Waals surface area contributed by atoms with Gasteiger partial charge < -0.3 is 9.47 Å². The molecule has 1 aromatic carbocycles. The lowest BCUT2D eigenvalue weighted by atomic mass is 9.88. The molecule has 1 fully saturated rings. The van der Waals surface area contributed by atoms with Crippen molar-refractivity contribution in [3.63, 3.8) is 0 Å². The van der Waals surface area contributed by atoms with Crippen molar-refractivity contribution >= 4 is 23.0 Å². The molecule has 154 valence electrons. The third kappa shape index (κ3) is 3.52. The molecule has 0 bridgehead atoms. The number of likely N-dealkylation sites (tertiary alicyclic amines) is 1. The molecule has 0 N–H and O–H groups in total. The van der Waals surface area contributed by atoms with E-state index in [-0.39, 0.29) is 17.6 Å². The minimum atomic E-state index is 0.0109. The van der Waals surface area contributed by atoms with Gasteiger partial charge in [0, 0.05) is 41.8 Å². The number of Topliss-reactive ketones (excluding diaryl/α,β-unsaturated/α-hetero) is 1. The zero-order valence-corrected chi connectivity index (χ0v) is 17.9. The van der Waals surface area contributed by atoms with Gasteiger partial charge in [-0.3, -0.25) is 9.59 Å². The van der Waals surface area contributed by atoms with Crippen LogP contribution in [0, 0.1) is 5.92 Å². The molecule has 1 aliphatic carbocycles. The highest BCUT2D eigenvalue weighted by molar-refractivity contribution is 7.15. The van der Waals surface area contributed by atoms with Crippen LogP contribution in [0.3, 0.4) is 0 Å². The Morgan fingerprint density at radius 2 is 1.60 bits per heavy atom. The van der Waals surface area contributed by atoms with E-state index in [9.17, 15) is 9.59 Å². The first kappa shape index (κ1) is 19.3. The van der Waals surface area contributed by atoms with Crippen LogP contribution in [-0.4, -0.2) is 34.2 Å². The molecule has 4 nitrogen and oxygen atoms in total. The molecule has 2 aliphatic rings. The van der Waals surface area contributed by atoms with Crippen LogP contribution in [0.1, 0.15) is 56.8 Å². The average molecular weight is 419 g/mol. The molecule has 2 aromatic heterocycles. The van der Waals surface area contributed by atoms with Crippen molar-refractivity contribution < 1.29 is 9.59 Å². The molecule has 5 heteroatoms. The van der Waals surface area contributed by atoms with Crippen molar-refractivity contribution in [2.24, 2.45) is 5.92 Å². The fourth-order valence-corrected chi connectivity index (χ4v) is 6.11. The van der Waals surface area contributed by atoms with E-state index < -0.39 is 0 Å². The molecule has 0 radical (unpaired) electrons. The summed E-state index contributed by atoms with van der Waals surface area (Å²) in [7, 11) is 0. The second-order valence-corrected chi connectivity index (χ2v) is 9.36. The standard InChI is InChI=1S/C25H26N2O2S/c28-23(18-8-2-1-3-9-18)19-12-16-26(17-13-19)24(29)22-20-10-4-5-11-21(20)30-25(22)27-14-6-7-15-27/h1-3,6-9,14-15,19H,4-5,10-13,16-17H2. The number of ketones is 1. The molecule has 3 heterocycles. The first-order chi connectivity index (χ1) is 14.7. The van der Waals surface area contributed by atoms with Gasteiger partial charge in [0.2, 0.25) is 0 Å². The molecule has 1 aliphatic heterocycles. The molecule has 3 aromatic rings. The zero-order valence-electron chi connectivity index (χ0n) is 17.0.